The highest BCUT2D eigenvalue weighted by atomic mass is 32.2. The molecule has 0 saturated carbocycles. The third-order valence-corrected chi connectivity index (χ3v) is 11.8. The minimum Gasteiger partial charge on any atom is -0.325 e. The summed E-state index contributed by atoms with van der Waals surface area (Å²) in [7, 11) is -3.90. The lowest BCUT2D eigenvalue weighted by Gasteiger charge is -2.31. The number of sulfonamides is 1. The van der Waals surface area contributed by atoms with E-state index in [4.69, 9.17) is 5.14 Å². The molecule has 3 aromatic carbocycles. The molecule has 0 aliphatic carbocycles. The molecule has 3 N–H and O–H groups in total. The first kappa shape index (κ1) is 31.9. The number of aromatic nitrogens is 1. The number of rotatable bonds is 6. The summed E-state index contributed by atoms with van der Waals surface area (Å²) in [6.07, 6.45) is 0. The van der Waals surface area contributed by atoms with Crippen LogP contribution in [0, 0.1) is 12.8 Å². The van der Waals surface area contributed by atoms with Crippen LogP contribution in [0.25, 0.3) is 0 Å². The number of aryl methyl sites for hydroxylation is 1. The summed E-state index contributed by atoms with van der Waals surface area (Å²) < 4.78 is 24.5. The number of amides is 3. The number of nitrogens with two attached hydrogens (primary N) is 1. The topological polar surface area (TPSA) is 149 Å². The zero-order valence-electron chi connectivity index (χ0n) is 25.5. The summed E-state index contributed by atoms with van der Waals surface area (Å²) in [6, 6.07) is 20.5. The van der Waals surface area contributed by atoms with E-state index in [2.05, 4.69) is 26.1 Å². The van der Waals surface area contributed by atoms with Gasteiger partial charge in [0.25, 0.3) is 0 Å². The maximum atomic E-state index is 14.1. The van der Waals surface area contributed by atoms with E-state index in [1.165, 1.54) is 33.7 Å². The van der Waals surface area contributed by atoms with Crippen LogP contribution in [0.4, 0.5) is 11.4 Å². The van der Waals surface area contributed by atoms with Crippen LogP contribution in [0.3, 0.4) is 0 Å². The number of primary sulfonamides is 1. The van der Waals surface area contributed by atoms with E-state index in [1.807, 2.05) is 43.3 Å². The maximum absolute atomic E-state index is 14.1. The number of carbonyl (C=O) groups excluding carboxylic acids is 3. The van der Waals surface area contributed by atoms with Gasteiger partial charge in [-0.15, -0.1) is 0 Å². The molecule has 10 nitrogen and oxygen atoms in total. The molecule has 1 aromatic heterocycles. The van der Waals surface area contributed by atoms with E-state index >= 15 is 0 Å². The Labute approximate surface area is 274 Å². The van der Waals surface area contributed by atoms with Gasteiger partial charge in [0.05, 0.1) is 21.5 Å². The standard InChI is InChI=1S/C33H32N4O6S3/c1-18-5-13-22(14-6-18)37-29(39)26-25(19-7-9-20(10-8-19)33(2,3)4)28-31(44-27(26)30(37)40)36(32(41)45-28)17-24(38)35-21-11-15-23(16-12-21)46(34,42)43/h5-16,25-27H,17H2,1-4H3,(H,35,38)(H2,34,42,43)/t25-,26-,27+/m0/s1. The SMILES string of the molecule is Cc1ccc(N2C(=O)[C@H]3[C@H](c4ccc(C(C)(C)C)cc4)c4sc(=O)n(CC(=O)Nc5ccc(S(N)(=O)=O)cc5)c4S[C@H]3C2=O)cc1. The zero-order chi connectivity index (χ0) is 33.1. The van der Waals surface area contributed by atoms with Gasteiger partial charge in [0.15, 0.2) is 0 Å². The monoisotopic (exact) mass is 676 g/mol. The maximum Gasteiger partial charge on any atom is 0.308 e. The minimum absolute atomic E-state index is 0.100. The van der Waals surface area contributed by atoms with Gasteiger partial charge in [-0.1, -0.05) is 85.8 Å². The Kier molecular flexibility index (Phi) is 8.08. The molecule has 238 valence electrons. The molecule has 0 bridgehead atoms. The summed E-state index contributed by atoms with van der Waals surface area (Å²) in [5.41, 5.74) is 3.62. The number of hydrogen-bond donors (Lipinski definition) is 2. The Morgan fingerprint density at radius 3 is 2.13 bits per heavy atom. The fourth-order valence-corrected chi connectivity index (χ4v) is 9.11. The van der Waals surface area contributed by atoms with Crippen molar-refractivity contribution in [1.82, 2.24) is 4.57 Å². The lowest BCUT2D eigenvalue weighted by atomic mass is 9.81. The Balaban J connectivity index is 1.38. The Bertz CT molecular complexity index is 2030. The number of thioether (sulfide) groups is 1. The van der Waals surface area contributed by atoms with Crippen molar-refractivity contribution < 1.29 is 22.8 Å². The predicted octanol–water partition coefficient (Wildman–Crippen LogP) is 4.60. The molecular formula is C33H32N4O6S3. The van der Waals surface area contributed by atoms with E-state index in [9.17, 15) is 27.6 Å². The van der Waals surface area contributed by atoms with Crippen LogP contribution in [0.15, 0.2) is 87.5 Å². The number of hydrogen-bond acceptors (Lipinski definition) is 8. The summed E-state index contributed by atoms with van der Waals surface area (Å²) in [5.74, 6) is -2.53. The summed E-state index contributed by atoms with van der Waals surface area (Å²) >= 11 is 2.13. The van der Waals surface area contributed by atoms with E-state index in [0.717, 1.165) is 39.8 Å². The molecule has 3 heterocycles. The zero-order valence-corrected chi connectivity index (χ0v) is 28.0. The van der Waals surface area contributed by atoms with Gasteiger partial charge in [-0.2, -0.15) is 0 Å². The highest BCUT2D eigenvalue weighted by molar-refractivity contribution is 8.00. The van der Waals surface area contributed by atoms with E-state index in [1.54, 1.807) is 12.1 Å². The summed E-state index contributed by atoms with van der Waals surface area (Å²) in [6.45, 7) is 7.91. The van der Waals surface area contributed by atoms with Gasteiger partial charge in [0.2, 0.25) is 27.7 Å². The summed E-state index contributed by atoms with van der Waals surface area (Å²) in [5, 5.41) is 7.52. The van der Waals surface area contributed by atoms with Crippen molar-refractivity contribution in [2.75, 3.05) is 10.2 Å². The number of nitrogens with zero attached hydrogens (tertiary/aromatic N) is 2. The van der Waals surface area contributed by atoms with Crippen LogP contribution in [-0.2, 0) is 36.4 Å². The van der Waals surface area contributed by atoms with Crippen LogP contribution in [0.1, 0.15) is 48.3 Å². The number of anilines is 2. The highest BCUT2D eigenvalue weighted by Crippen LogP contribution is 2.54. The average Bonchev–Trinajstić information content (AvgIpc) is 3.43. The quantitative estimate of drug-likeness (QED) is 0.284. The second-order valence-corrected chi connectivity index (χ2v) is 16.2. The van der Waals surface area contributed by atoms with Crippen molar-refractivity contribution in [2.45, 2.75) is 60.7 Å². The fourth-order valence-electron chi connectivity index (χ4n) is 5.83. The molecule has 6 rings (SSSR count). The summed E-state index contributed by atoms with van der Waals surface area (Å²) in [4.78, 5) is 56.1. The number of fused-ring (bicyclic) bond motifs is 2. The van der Waals surface area contributed by atoms with Crippen molar-refractivity contribution in [3.05, 3.63) is 104 Å². The van der Waals surface area contributed by atoms with Gasteiger partial charge in [-0.05, 0) is 59.9 Å². The minimum atomic E-state index is -3.90. The lowest BCUT2D eigenvalue weighted by Crippen LogP contribution is -2.33. The third kappa shape index (κ3) is 5.83. The van der Waals surface area contributed by atoms with E-state index in [0.29, 0.717) is 21.3 Å². The Morgan fingerprint density at radius 2 is 1.54 bits per heavy atom. The van der Waals surface area contributed by atoms with Gasteiger partial charge < -0.3 is 5.32 Å². The van der Waals surface area contributed by atoms with Gasteiger partial charge in [-0.3, -0.25) is 23.7 Å². The van der Waals surface area contributed by atoms with Crippen LogP contribution < -0.4 is 20.2 Å². The van der Waals surface area contributed by atoms with Crippen molar-refractivity contribution in [3.8, 4) is 0 Å². The number of thiazole rings is 1. The average molecular weight is 677 g/mol. The van der Waals surface area contributed by atoms with Crippen molar-refractivity contribution in [2.24, 2.45) is 11.1 Å². The van der Waals surface area contributed by atoms with Crippen molar-refractivity contribution in [1.29, 1.82) is 0 Å². The molecule has 3 atom stereocenters. The second-order valence-electron chi connectivity index (χ2n) is 12.5. The van der Waals surface area contributed by atoms with Gasteiger partial charge in [0, 0.05) is 16.5 Å². The number of nitrogens with one attached hydrogen (secondary N) is 1. The van der Waals surface area contributed by atoms with E-state index < -0.39 is 33.0 Å². The number of carbonyl (C=O) groups is 3. The van der Waals surface area contributed by atoms with Gasteiger partial charge >= 0.3 is 4.87 Å². The van der Waals surface area contributed by atoms with Crippen LogP contribution in [0.5, 0.6) is 0 Å². The smallest absolute Gasteiger partial charge is 0.308 e. The number of imide groups is 1. The molecule has 2 aliphatic rings. The fraction of sp³-hybridized carbons (Fsp3) is 0.273. The first-order valence-corrected chi connectivity index (χ1v) is 17.8. The highest BCUT2D eigenvalue weighted by Gasteiger charge is 2.56. The van der Waals surface area contributed by atoms with Crippen LogP contribution >= 0.6 is 23.1 Å². The van der Waals surface area contributed by atoms with Crippen LogP contribution in [-0.4, -0.2) is 36.0 Å². The normalized spacial score (nSPS) is 19.6. The van der Waals surface area contributed by atoms with E-state index in [-0.39, 0.29) is 33.5 Å². The van der Waals surface area contributed by atoms with Crippen LogP contribution in [0.2, 0.25) is 0 Å². The molecule has 0 unspecified atom stereocenters. The van der Waals surface area contributed by atoms with Gasteiger partial charge in [0.1, 0.15) is 11.8 Å². The Morgan fingerprint density at radius 1 is 0.913 bits per heavy atom. The molecular weight excluding hydrogens is 645 g/mol. The second kappa shape index (κ2) is 11.6. The molecule has 3 amide bonds. The lowest BCUT2D eigenvalue weighted by molar-refractivity contribution is -0.122. The molecule has 1 fully saturated rings. The molecule has 0 spiro atoms. The first-order valence-electron chi connectivity index (χ1n) is 14.5. The van der Waals surface area contributed by atoms with Gasteiger partial charge in [-0.25, -0.2) is 18.5 Å². The predicted molar refractivity (Wildman–Crippen MR) is 179 cm³/mol. The number of benzene rings is 3. The van der Waals surface area contributed by atoms with Crippen molar-refractivity contribution in [3.63, 3.8) is 0 Å². The molecule has 4 aromatic rings. The molecule has 2 aliphatic heterocycles. The Hall–Kier alpha value is -4.04. The molecule has 13 heteroatoms. The molecule has 0 radical (unpaired) electrons. The third-order valence-electron chi connectivity index (χ3n) is 8.25. The first-order chi connectivity index (χ1) is 21.6. The molecule has 1 saturated heterocycles. The largest absolute Gasteiger partial charge is 0.325 e. The molecule has 46 heavy (non-hydrogen) atoms. The van der Waals surface area contributed by atoms with Crippen molar-refractivity contribution >= 4 is 62.2 Å².